The van der Waals surface area contributed by atoms with E-state index in [0.29, 0.717) is 35.3 Å². The normalized spacial score (nSPS) is 10.0. The number of hydrogen-bond donors (Lipinski definition) is 4. The second-order valence-corrected chi connectivity index (χ2v) is 5.33. The predicted molar refractivity (Wildman–Crippen MR) is 92.8 cm³/mol. The summed E-state index contributed by atoms with van der Waals surface area (Å²) in [6.07, 6.45) is 0.881. The van der Waals surface area contributed by atoms with Gasteiger partial charge in [0.15, 0.2) is 0 Å². The van der Waals surface area contributed by atoms with E-state index in [2.05, 4.69) is 10.6 Å². The molecule has 0 unspecified atom stereocenters. The van der Waals surface area contributed by atoms with Crippen LogP contribution in [-0.2, 0) is 32.0 Å². The fourth-order valence-electron chi connectivity index (χ4n) is 2.34. The Hall–Kier alpha value is -3.68. The number of amides is 2. The van der Waals surface area contributed by atoms with Gasteiger partial charge in [-0.05, 0) is 36.1 Å². The molecule has 0 spiro atoms. The van der Waals surface area contributed by atoms with Gasteiger partial charge in [0.2, 0.25) is 0 Å². The standard InChI is InChI=1S/C18H16N2O6/c21-15(17(23)24)19-13-7-3-1-5-11(13)9-10-12-6-2-4-8-14(12)20-16(22)18(25)26/h1-8H,9-10H2,(H,19,21)(H,20,22)(H,23,24)(H,25,26). The molecule has 0 atom stereocenters. The van der Waals surface area contributed by atoms with Crippen LogP contribution in [0.25, 0.3) is 0 Å². The van der Waals surface area contributed by atoms with Crippen LogP contribution < -0.4 is 10.6 Å². The summed E-state index contributed by atoms with van der Waals surface area (Å²) in [5, 5.41) is 22.1. The first-order chi connectivity index (χ1) is 12.4. The molecule has 2 amide bonds. The fraction of sp³-hybridized carbons (Fsp3) is 0.111. The van der Waals surface area contributed by atoms with Crippen molar-refractivity contribution in [1.29, 1.82) is 0 Å². The van der Waals surface area contributed by atoms with E-state index in [-0.39, 0.29) is 0 Å². The van der Waals surface area contributed by atoms with Crippen molar-refractivity contribution in [3.05, 3.63) is 59.7 Å². The first-order valence-electron chi connectivity index (χ1n) is 7.63. The van der Waals surface area contributed by atoms with Gasteiger partial charge in [0.25, 0.3) is 0 Å². The van der Waals surface area contributed by atoms with Crippen LogP contribution in [-0.4, -0.2) is 34.0 Å². The predicted octanol–water partition coefficient (Wildman–Crippen LogP) is 1.52. The summed E-state index contributed by atoms with van der Waals surface area (Å²) in [5.41, 5.74) is 2.18. The molecule has 4 N–H and O–H groups in total. The third-order valence-electron chi connectivity index (χ3n) is 3.58. The monoisotopic (exact) mass is 356 g/mol. The Labute approximate surface area is 148 Å². The van der Waals surface area contributed by atoms with E-state index in [1.807, 2.05) is 0 Å². The highest BCUT2D eigenvalue weighted by atomic mass is 16.4. The van der Waals surface area contributed by atoms with Crippen molar-refractivity contribution in [1.82, 2.24) is 0 Å². The summed E-state index contributed by atoms with van der Waals surface area (Å²) in [5.74, 6) is -5.43. The number of anilines is 2. The molecule has 134 valence electrons. The van der Waals surface area contributed by atoms with Crippen LogP contribution >= 0.6 is 0 Å². The van der Waals surface area contributed by atoms with Gasteiger partial charge in [-0.3, -0.25) is 9.59 Å². The molecule has 2 aromatic carbocycles. The summed E-state index contributed by atoms with van der Waals surface area (Å²) in [7, 11) is 0. The van der Waals surface area contributed by atoms with E-state index in [1.54, 1.807) is 48.5 Å². The molecule has 2 rings (SSSR count). The number of aliphatic carboxylic acids is 2. The third kappa shape index (κ3) is 4.91. The van der Waals surface area contributed by atoms with E-state index in [0.717, 1.165) is 0 Å². The highest BCUT2D eigenvalue weighted by molar-refractivity contribution is 6.37. The molecule has 0 saturated carbocycles. The number of nitrogens with one attached hydrogen (secondary N) is 2. The number of aryl methyl sites for hydroxylation is 2. The lowest BCUT2D eigenvalue weighted by molar-refractivity contribution is -0.147. The van der Waals surface area contributed by atoms with Crippen LogP contribution in [0.15, 0.2) is 48.5 Å². The molecule has 0 radical (unpaired) electrons. The minimum absolute atomic E-state index is 0.381. The topological polar surface area (TPSA) is 133 Å². The van der Waals surface area contributed by atoms with Crippen molar-refractivity contribution in [2.24, 2.45) is 0 Å². The van der Waals surface area contributed by atoms with Gasteiger partial charge in [-0.25, -0.2) is 9.59 Å². The van der Waals surface area contributed by atoms with E-state index >= 15 is 0 Å². The average Bonchev–Trinajstić information content (AvgIpc) is 2.61. The lowest BCUT2D eigenvalue weighted by atomic mass is 10.0. The second-order valence-electron chi connectivity index (χ2n) is 5.33. The Morgan fingerprint density at radius 2 is 1.00 bits per heavy atom. The van der Waals surface area contributed by atoms with E-state index in [9.17, 15) is 19.2 Å². The quantitative estimate of drug-likeness (QED) is 0.600. The number of hydrogen-bond acceptors (Lipinski definition) is 4. The minimum atomic E-state index is -1.58. The largest absolute Gasteiger partial charge is 0.474 e. The zero-order valence-electron chi connectivity index (χ0n) is 13.6. The molecule has 2 aromatic rings. The van der Waals surface area contributed by atoms with Crippen molar-refractivity contribution in [3.63, 3.8) is 0 Å². The summed E-state index contributed by atoms with van der Waals surface area (Å²) in [6.45, 7) is 0. The Bertz CT molecular complexity index is 791. The average molecular weight is 356 g/mol. The van der Waals surface area contributed by atoms with Crippen LogP contribution in [0.1, 0.15) is 11.1 Å². The molecule has 0 saturated heterocycles. The lowest BCUT2D eigenvalue weighted by Gasteiger charge is -2.12. The number of para-hydroxylation sites is 2. The summed E-state index contributed by atoms with van der Waals surface area (Å²) < 4.78 is 0. The molecular formula is C18H16N2O6. The smallest absolute Gasteiger partial charge is 0.394 e. The van der Waals surface area contributed by atoms with Gasteiger partial charge in [0, 0.05) is 11.4 Å². The minimum Gasteiger partial charge on any atom is -0.474 e. The number of carboxylic acids is 2. The first-order valence-corrected chi connectivity index (χ1v) is 7.63. The third-order valence-corrected chi connectivity index (χ3v) is 3.58. The number of carbonyl (C=O) groups is 4. The molecule has 0 aromatic heterocycles. The Kier molecular flexibility index (Phi) is 6.05. The van der Waals surface area contributed by atoms with Crippen molar-refractivity contribution in [2.45, 2.75) is 12.8 Å². The highest BCUT2D eigenvalue weighted by Gasteiger charge is 2.15. The zero-order chi connectivity index (χ0) is 19.1. The number of rotatable bonds is 5. The Morgan fingerprint density at radius 3 is 1.35 bits per heavy atom. The van der Waals surface area contributed by atoms with Crippen molar-refractivity contribution < 1.29 is 29.4 Å². The molecule has 8 heteroatoms. The maximum Gasteiger partial charge on any atom is 0.394 e. The van der Waals surface area contributed by atoms with Gasteiger partial charge >= 0.3 is 23.8 Å². The van der Waals surface area contributed by atoms with Gasteiger partial charge in [-0.1, -0.05) is 36.4 Å². The Balaban J connectivity index is 2.15. The van der Waals surface area contributed by atoms with Crippen LogP contribution in [0.4, 0.5) is 11.4 Å². The van der Waals surface area contributed by atoms with Crippen LogP contribution in [0.2, 0.25) is 0 Å². The summed E-state index contributed by atoms with van der Waals surface area (Å²) >= 11 is 0. The maximum atomic E-state index is 11.4. The molecule has 0 aliphatic carbocycles. The van der Waals surface area contributed by atoms with Gasteiger partial charge < -0.3 is 20.8 Å². The molecule has 0 fully saturated rings. The molecule has 0 aliphatic heterocycles. The Morgan fingerprint density at radius 1 is 0.654 bits per heavy atom. The van der Waals surface area contributed by atoms with Crippen molar-refractivity contribution in [2.75, 3.05) is 10.6 Å². The number of benzene rings is 2. The second kappa shape index (κ2) is 8.43. The van der Waals surface area contributed by atoms with E-state index in [1.165, 1.54) is 0 Å². The van der Waals surface area contributed by atoms with Gasteiger partial charge in [-0.15, -0.1) is 0 Å². The fourth-order valence-corrected chi connectivity index (χ4v) is 2.34. The van der Waals surface area contributed by atoms with Crippen LogP contribution in [0, 0.1) is 0 Å². The first kappa shape index (κ1) is 18.7. The number of carboxylic acid groups (broad SMARTS) is 2. The summed E-state index contributed by atoms with van der Waals surface area (Å²) in [4.78, 5) is 44.1. The van der Waals surface area contributed by atoms with Gasteiger partial charge in [0.1, 0.15) is 0 Å². The lowest BCUT2D eigenvalue weighted by Crippen LogP contribution is -2.23. The SMILES string of the molecule is O=C(O)C(=O)Nc1ccccc1CCc1ccccc1NC(=O)C(=O)O. The molecule has 0 bridgehead atoms. The van der Waals surface area contributed by atoms with Crippen molar-refractivity contribution >= 4 is 35.1 Å². The molecule has 0 heterocycles. The highest BCUT2D eigenvalue weighted by Crippen LogP contribution is 2.21. The molecule has 26 heavy (non-hydrogen) atoms. The van der Waals surface area contributed by atoms with Crippen LogP contribution in [0.5, 0.6) is 0 Å². The van der Waals surface area contributed by atoms with Crippen LogP contribution in [0.3, 0.4) is 0 Å². The van der Waals surface area contributed by atoms with E-state index < -0.39 is 23.8 Å². The van der Waals surface area contributed by atoms with Gasteiger partial charge in [0.05, 0.1) is 0 Å². The van der Waals surface area contributed by atoms with E-state index in [4.69, 9.17) is 10.2 Å². The zero-order valence-corrected chi connectivity index (χ0v) is 13.6. The number of carbonyl (C=O) groups excluding carboxylic acids is 2. The van der Waals surface area contributed by atoms with Crippen molar-refractivity contribution in [3.8, 4) is 0 Å². The maximum absolute atomic E-state index is 11.4. The van der Waals surface area contributed by atoms with Gasteiger partial charge in [-0.2, -0.15) is 0 Å². The molecule has 8 nitrogen and oxygen atoms in total. The summed E-state index contributed by atoms with van der Waals surface area (Å²) in [6, 6.07) is 13.5. The molecular weight excluding hydrogens is 340 g/mol. The molecule has 0 aliphatic rings.